The third-order valence-electron chi connectivity index (χ3n) is 2.76. The lowest BCUT2D eigenvalue weighted by molar-refractivity contribution is 0.355. The second-order valence-electron chi connectivity index (χ2n) is 4.78. The van der Waals surface area contributed by atoms with Gasteiger partial charge in [0, 0.05) is 23.9 Å². The number of hydrogen-bond donors (Lipinski definition) is 2. The number of anilines is 3. The maximum absolute atomic E-state index is 5.28. The number of nitrogens with one attached hydrogen (secondary N) is 2. The number of methoxy groups -OCH3 is 2. The van der Waals surface area contributed by atoms with Crippen LogP contribution in [0.2, 0.25) is 0 Å². The van der Waals surface area contributed by atoms with E-state index in [2.05, 4.69) is 34.4 Å². The highest BCUT2D eigenvalue weighted by atomic mass is 16.5. The van der Waals surface area contributed by atoms with Crippen molar-refractivity contribution in [2.24, 2.45) is 0 Å². The standard InChI is InChI=1S/C15H20N4O2/c1-10(2)18-14-8-15(17-9-16-14)19-11-5-6-12(20-3)13(7-11)21-4/h5-10H,1-4H3,(H2,16,17,18,19). The Labute approximate surface area is 124 Å². The zero-order chi connectivity index (χ0) is 15.2. The molecule has 0 aliphatic heterocycles. The summed E-state index contributed by atoms with van der Waals surface area (Å²) in [6.45, 7) is 4.12. The number of ether oxygens (including phenoxy) is 2. The Morgan fingerprint density at radius 2 is 1.67 bits per heavy atom. The van der Waals surface area contributed by atoms with Crippen LogP contribution in [0.5, 0.6) is 11.5 Å². The van der Waals surface area contributed by atoms with Crippen LogP contribution >= 0.6 is 0 Å². The maximum atomic E-state index is 5.28. The monoisotopic (exact) mass is 288 g/mol. The number of aromatic nitrogens is 2. The van der Waals surface area contributed by atoms with Gasteiger partial charge in [-0.1, -0.05) is 0 Å². The normalized spacial score (nSPS) is 10.3. The molecule has 21 heavy (non-hydrogen) atoms. The molecule has 0 aliphatic rings. The van der Waals surface area contributed by atoms with Crippen molar-refractivity contribution in [3.63, 3.8) is 0 Å². The first-order chi connectivity index (χ1) is 10.1. The van der Waals surface area contributed by atoms with Crippen LogP contribution in [0.3, 0.4) is 0 Å². The van der Waals surface area contributed by atoms with Crippen LogP contribution in [0.4, 0.5) is 17.3 Å². The molecule has 2 N–H and O–H groups in total. The lowest BCUT2D eigenvalue weighted by Crippen LogP contribution is -2.11. The molecular weight excluding hydrogens is 268 g/mol. The van der Waals surface area contributed by atoms with E-state index in [0.29, 0.717) is 23.4 Å². The number of nitrogens with zero attached hydrogens (tertiary/aromatic N) is 2. The van der Waals surface area contributed by atoms with Crippen LogP contribution in [-0.4, -0.2) is 30.2 Å². The van der Waals surface area contributed by atoms with Gasteiger partial charge < -0.3 is 20.1 Å². The van der Waals surface area contributed by atoms with E-state index in [0.717, 1.165) is 11.5 Å². The smallest absolute Gasteiger partial charge is 0.162 e. The van der Waals surface area contributed by atoms with Gasteiger partial charge in [-0.3, -0.25) is 0 Å². The molecule has 1 aromatic carbocycles. The number of benzene rings is 1. The molecule has 0 aliphatic carbocycles. The predicted octanol–water partition coefficient (Wildman–Crippen LogP) is 3.06. The van der Waals surface area contributed by atoms with Gasteiger partial charge in [0.2, 0.25) is 0 Å². The van der Waals surface area contributed by atoms with Gasteiger partial charge in [-0.2, -0.15) is 0 Å². The molecule has 0 spiro atoms. The van der Waals surface area contributed by atoms with Crippen molar-refractivity contribution in [1.82, 2.24) is 9.97 Å². The van der Waals surface area contributed by atoms with Crippen LogP contribution in [0.15, 0.2) is 30.6 Å². The number of rotatable bonds is 6. The highest BCUT2D eigenvalue weighted by molar-refractivity contribution is 5.62. The summed E-state index contributed by atoms with van der Waals surface area (Å²) in [5.74, 6) is 2.84. The Kier molecular flexibility index (Phi) is 4.81. The molecule has 0 radical (unpaired) electrons. The van der Waals surface area contributed by atoms with E-state index >= 15 is 0 Å². The molecule has 112 valence electrons. The predicted molar refractivity (Wildman–Crippen MR) is 83.6 cm³/mol. The van der Waals surface area contributed by atoms with Gasteiger partial charge in [0.15, 0.2) is 11.5 Å². The van der Waals surface area contributed by atoms with Crippen molar-refractivity contribution < 1.29 is 9.47 Å². The van der Waals surface area contributed by atoms with Gasteiger partial charge in [-0.25, -0.2) is 9.97 Å². The van der Waals surface area contributed by atoms with E-state index in [4.69, 9.17) is 9.47 Å². The first-order valence-corrected chi connectivity index (χ1v) is 6.70. The highest BCUT2D eigenvalue weighted by Crippen LogP contribution is 2.30. The molecule has 0 bridgehead atoms. The van der Waals surface area contributed by atoms with E-state index in [-0.39, 0.29) is 0 Å². The first kappa shape index (κ1) is 14.9. The topological polar surface area (TPSA) is 68.3 Å². The summed E-state index contributed by atoms with van der Waals surface area (Å²) in [7, 11) is 3.22. The van der Waals surface area contributed by atoms with Gasteiger partial charge in [-0.15, -0.1) is 0 Å². The van der Waals surface area contributed by atoms with Crippen LogP contribution in [0, 0.1) is 0 Å². The molecular formula is C15H20N4O2. The summed E-state index contributed by atoms with van der Waals surface area (Å²) in [5, 5.41) is 6.45. The second-order valence-corrected chi connectivity index (χ2v) is 4.78. The fourth-order valence-electron chi connectivity index (χ4n) is 1.86. The first-order valence-electron chi connectivity index (χ1n) is 6.70. The second kappa shape index (κ2) is 6.78. The van der Waals surface area contributed by atoms with Crippen LogP contribution in [0.1, 0.15) is 13.8 Å². The van der Waals surface area contributed by atoms with Gasteiger partial charge in [-0.05, 0) is 26.0 Å². The minimum atomic E-state index is 0.314. The quantitative estimate of drug-likeness (QED) is 0.851. The summed E-state index contributed by atoms with van der Waals surface area (Å²) < 4.78 is 10.5. The Balaban J connectivity index is 2.18. The maximum Gasteiger partial charge on any atom is 0.162 e. The van der Waals surface area contributed by atoms with Crippen LogP contribution in [0.25, 0.3) is 0 Å². The Morgan fingerprint density at radius 1 is 0.952 bits per heavy atom. The van der Waals surface area contributed by atoms with Gasteiger partial charge in [0.1, 0.15) is 18.0 Å². The molecule has 6 nitrogen and oxygen atoms in total. The largest absolute Gasteiger partial charge is 0.493 e. The van der Waals surface area contributed by atoms with E-state index in [1.165, 1.54) is 6.33 Å². The van der Waals surface area contributed by atoms with Crippen LogP contribution in [-0.2, 0) is 0 Å². The fraction of sp³-hybridized carbons (Fsp3) is 0.333. The van der Waals surface area contributed by atoms with Crippen molar-refractivity contribution in [2.45, 2.75) is 19.9 Å². The summed E-state index contributed by atoms with van der Waals surface area (Å²) in [6, 6.07) is 7.77. The Bertz CT molecular complexity index is 602. The summed E-state index contributed by atoms with van der Waals surface area (Å²) >= 11 is 0. The average Bonchev–Trinajstić information content (AvgIpc) is 2.46. The van der Waals surface area contributed by atoms with Gasteiger partial charge in [0.05, 0.1) is 14.2 Å². The fourth-order valence-corrected chi connectivity index (χ4v) is 1.86. The molecule has 1 aromatic heterocycles. The number of hydrogen-bond acceptors (Lipinski definition) is 6. The molecule has 0 saturated heterocycles. The zero-order valence-corrected chi connectivity index (χ0v) is 12.7. The minimum absolute atomic E-state index is 0.314. The van der Waals surface area contributed by atoms with Crippen molar-refractivity contribution in [3.05, 3.63) is 30.6 Å². The van der Waals surface area contributed by atoms with Gasteiger partial charge in [0.25, 0.3) is 0 Å². The summed E-state index contributed by atoms with van der Waals surface area (Å²) in [4.78, 5) is 8.38. The van der Waals surface area contributed by atoms with E-state index in [1.54, 1.807) is 14.2 Å². The summed E-state index contributed by atoms with van der Waals surface area (Å²) in [5.41, 5.74) is 0.863. The molecule has 1 heterocycles. The van der Waals surface area contributed by atoms with Crippen LogP contribution < -0.4 is 20.1 Å². The van der Waals surface area contributed by atoms with Crippen molar-refractivity contribution in [2.75, 3.05) is 24.9 Å². The van der Waals surface area contributed by atoms with Gasteiger partial charge >= 0.3 is 0 Å². The molecule has 2 aromatic rings. The van der Waals surface area contributed by atoms with E-state index in [9.17, 15) is 0 Å². The minimum Gasteiger partial charge on any atom is -0.493 e. The lowest BCUT2D eigenvalue weighted by atomic mass is 10.2. The molecule has 0 atom stereocenters. The molecule has 0 amide bonds. The highest BCUT2D eigenvalue weighted by Gasteiger charge is 2.06. The third-order valence-corrected chi connectivity index (χ3v) is 2.76. The van der Waals surface area contributed by atoms with Crippen molar-refractivity contribution >= 4 is 17.3 Å². The van der Waals surface area contributed by atoms with Crippen molar-refractivity contribution in [3.8, 4) is 11.5 Å². The molecule has 0 fully saturated rings. The SMILES string of the molecule is COc1ccc(Nc2cc(NC(C)C)ncn2)cc1OC. The zero-order valence-electron chi connectivity index (χ0n) is 12.7. The van der Waals surface area contributed by atoms with E-state index < -0.39 is 0 Å². The molecule has 2 rings (SSSR count). The van der Waals surface area contributed by atoms with E-state index in [1.807, 2.05) is 24.3 Å². The Morgan fingerprint density at radius 3 is 2.33 bits per heavy atom. The lowest BCUT2D eigenvalue weighted by Gasteiger charge is -2.12. The Hall–Kier alpha value is -2.50. The molecule has 0 unspecified atom stereocenters. The van der Waals surface area contributed by atoms with Crippen molar-refractivity contribution in [1.29, 1.82) is 0 Å². The average molecular weight is 288 g/mol. The molecule has 6 heteroatoms. The molecule has 0 saturated carbocycles. The third kappa shape index (κ3) is 3.98. The summed E-state index contributed by atoms with van der Waals surface area (Å²) in [6.07, 6.45) is 1.52.